The number of amides is 3. The highest BCUT2D eigenvalue weighted by molar-refractivity contribution is 7.13. The number of thiazole rings is 1. The molecule has 1 aliphatic carbocycles. The van der Waals surface area contributed by atoms with Crippen molar-refractivity contribution in [3.63, 3.8) is 0 Å². The monoisotopic (exact) mass is 434 g/mol. The van der Waals surface area contributed by atoms with Crippen LogP contribution in [0, 0.1) is 0 Å². The number of halogens is 1. The minimum atomic E-state index is -0.313. The van der Waals surface area contributed by atoms with Crippen molar-refractivity contribution < 1.29 is 14.4 Å². The van der Waals surface area contributed by atoms with Crippen molar-refractivity contribution in [2.75, 3.05) is 11.9 Å². The molecule has 1 fully saturated rings. The molecule has 0 atom stereocenters. The van der Waals surface area contributed by atoms with Crippen LogP contribution in [0.25, 0.3) is 0 Å². The van der Waals surface area contributed by atoms with Gasteiger partial charge in [0.05, 0.1) is 12.1 Å². The zero-order valence-electron chi connectivity index (χ0n) is 16.3. The molecular weight excluding hydrogens is 412 g/mol. The standard InChI is InChI=1S/C20H23ClN4O3S/c1-12(2)22-17(26)9-15-11-29-20(23-15)24-18(27)10-25(16-7-8-16)19(28)13-3-5-14(21)6-4-13/h3-6,11-12,16H,7-10H2,1-2H3,(H,22,26)(H,23,24,27). The van der Waals surface area contributed by atoms with Crippen LogP contribution in [-0.4, -0.2) is 46.2 Å². The Balaban J connectivity index is 1.58. The van der Waals surface area contributed by atoms with Gasteiger partial charge >= 0.3 is 0 Å². The summed E-state index contributed by atoms with van der Waals surface area (Å²) in [7, 11) is 0. The average molecular weight is 435 g/mol. The fourth-order valence-electron chi connectivity index (χ4n) is 2.81. The largest absolute Gasteiger partial charge is 0.354 e. The predicted octanol–water partition coefficient (Wildman–Crippen LogP) is 3.11. The lowest BCUT2D eigenvalue weighted by Crippen LogP contribution is -2.39. The minimum absolute atomic E-state index is 0.0468. The van der Waals surface area contributed by atoms with Gasteiger partial charge in [0.25, 0.3) is 5.91 Å². The third-order valence-electron chi connectivity index (χ3n) is 4.24. The van der Waals surface area contributed by atoms with Crippen LogP contribution < -0.4 is 10.6 Å². The highest BCUT2D eigenvalue weighted by atomic mass is 35.5. The normalized spacial score (nSPS) is 13.2. The first-order valence-electron chi connectivity index (χ1n) is 9.42. The topological polar surface area (TPSA) is 91.4 Å². The molecule has 154 valence electrons. The second-order valence-corrected chi connectivity index (χ2v) is 8.56. The maximum absolute atomic E-state index is 12.8. The molecule has 0 saturated heterocycles. The molecule has 3 rings (SSSR count). The second-order valence-electron chi connectivity index (χ2n) is 7.26. The summed E-state index contributed by atoms with van der Waals surface area (Å²) in [6, 6.07) is 6.78. The maximum Gasteiger partial charge on any atom is 0.254 e. The average Bonchev–Trinajstić information content (AvgIpc) is 3.40. The van der Waals surface area contributed by atoms with Crippen molar-refractivity contribution >= 4 is 45.8 Å². The molecule has 1 saturated carbocycles. The van der Waals surface area contributed by atoms with Crippen molar-refractivity contribution in [3.05, 3.63) is 45.9 Å². The Morgan fingerprint density at radius 2 is 1.90 bits per heavy atom. The van der Waals surface area contributed by atoms with E-state index in [9.17, 15) is 14.4 Å². The Morgan fingerprint density at radius 1 is 1.21 bits per heavy atom. The van der Waals surface area contributed by atoms with E-state index < -0.39 is 0 Å². The second kappa shape index (κ2) is 9.37. The van der Waals surface area contributed by atoms with Gasteiger partial charge < -0.3 is 15.5 Å². The van der Waals surface area contributed by atoms with Crippen LogP contribution in [0.3, 0.4) is 0 Å². The molecule has 2 aromatic rings. The molecular formula is C20H23ClN4O3S. The predicted molar refractivity (Wildman–Crippen MR) is 113 cm³/mol. The first-order chi connectivity index (χ1) is 13.8. The summed E-state index contributed by atoms with van der Waals surface area (Å²) in [4.78, 5) is 43.0. The highest BCUT2D eigenvalue weighted by Gasteiger charge is 2.34. The van der Waals surface area contributed by atoms with Crippen LogP contribution >= 0.6 is 22.9 Å². The molecule has 2 N–H and O–H groups in total. The number of nitrogens with zero attached hydrogens (tertiary/aromatic N) is 2. The zero-order chi connectivity index (χ0) is 21.0. The van der Waals surface area contributed by atoms with E-state index in [0.717, 1.165) is 12.8 Å². The van der Waals surface area contributed by atoms with Gasteiger partial charge in [0.2, 0.25) is 11.8 Å². The SMILES string of the molecule is CC(C)NC(=O)Cc1csc(NC(=O)CN(C(=O)c2ccc(Cl)cc2)C2CC2)n1. The first kappa shape index (κ1) is 21.3. The van der Waals surface area contributed by atoms with E-state index in [1.807, 2.05) is 13.8 Å². The van der Waals surface area contributed by atoms with Gasteiger partial charge in [0, 0.05) is 28.0 Å². The summed E-state index contributed by atoms with van der Waals surface area (Å²) < 4.78 is 0. The number of hydrogen-bond acceptors (Lipinski definition) is 5. The smallest absolute Gasteiger partial charge is 0.254 e. The van der Waals surface area contributed by atoms with Gasteiger partial charge in [-0.2, -0.15) is 0 Å². The molecule has 0 spiro atoms. The number of nitrogens with one attached hydrogen (secondary N) is 2. The summed E-state index contributed by atoms with van der Waals surface area (Å²) in [5, 5.41) is 8.24. The number of benzene rings is 1. The number of anilines is 1. The molecule has 0 aliphatic heterocycles. The van der Waals surface area contributed by atoms with Crippen LogP contribution in [0.4, 0.5) is 5.13 Å². The number of carbonyl (C=O) groups is 3. The van der Waals surface area contributed by atoms with Gasteiger partial charge in [0.15, 0.2) is 5.13 Å². The summed E-state index contributed by atoms with van der Waals surface area (Å²) >= 11 is 7.14. The van der Waals surface area contributed by atoms with Crippen molar-refractivity contribution in [2.24, 2.45) is 0 Å². The zero-order valence-corrected chi connectivity index (χ0v) is 17.8. The van der Waals surface area contributed by atoms with Crippen molar-refractivity contribution in [1.82, 2.24) is 15.2 Å². The summed E-state index contributed by atoms with van der Waals surface area (Å²) in [5.41, 5.74) is 1.10. The molecule has 1 heterocycles. The van der Waals surface area contributed by atoms with E-state index in [4.69, 9.17) is 11.6 Å². The van der Waals surface area contributed by atoms with Gasteiger partial charge in [0.1, 0.15) is 6.54 Å². The van der Waals surface area contributed by atoms with E-state index in [1.165, 1.54) is 11.3 Å². The van der Waals surface area contributed by atoms with Crippen LogP contribution in [0.5, 0.6) is 0 Å². The number of carbonyl (C=O) groups excluding carboxylic acids is 3. The molecule has 9 heteroatoms. The van der Waals surface area contributed by atoms with Crippen LogP contribution in [0.15, 0.2) is 29.6 Å². The van der Waals surface area contributed by atoms with E-state index in [1.54, 1.807) is 34.5 Å². The van der Waals surface area contributed by atoms with Gasteiger partial charge in [-0.25, -0.2) is 4.98 Å². The van der Waals surface area contributed by atoms with Crippen molar-refractivity contribution in [2.45, 2.75) is 45.2 Å². The summed E-state index contributed by atoms with van der Waals surface area (Å²) in [6.45, 7) is 3.73. The fourth-order valence-corrected chi connectivity index (χ4v) is 3.66. The summed E-state index contributed by atoms with van der Waals surface area (Å²) in [5.74, 6) is -0.618. The van der Waals surface area contributed by atoms with E-state index in [-0.39, 0.29) is 42.8 Å². The lowest BCUT2D eigenvalue weighted by Gasteiger charge is -2.21. The third kappa shape index (κ3) is 6.27. The molecule has 1 aliphatic rings. The molecule has 7 nitrogen and oxygen atoms in total. The van der Waals surface area contributed by atoms with E-state index >= 15 is 0 Å². The number of aromatic nitrogens is 1. The van der Waals surface area contributed by atoms with Crippen LogP contribution in [-0.2, 0) is 16.0 Å². The van der Waals surface area contributed by atoms with E-state index in [2.05, 4.69) is 15.6 Å². The van der Waals surface area contributed by atoms with E-state index in [0.29, 0.717) is 21.4 Å². The maximum atomic E-state index is 12.8. The number of hydrogen-bond donors (Lipinski definition) is 2. The van der Waals surface area contributed by atoms with Gasteiger partial charge in [-0.15, -0.1) is 11.3 Å². The van der Waals surface area contributed by atoms with Gasteiger partial charge in [-0.1, -0.05) is 11.6 Å². The quantitative estimate of drug-likeness (QED) is 0.667. The fraction of sp³-hybridized carbons (Fsp3) is 0.400. The Labute approximate surface area is 178 Å². The molecule has 0 radical (unpaired) electrons. The molecule has 0 unspecified atom stereocenters. The first-order valence-corrected chi connectivity index (χ1v) is 10.7. The molecule has 29 heavy (non-hydrogen) atoms. The Morgan fingerprint density at radius 3 is 2.52 bits per heavy atom. The Kier molecular flexibility index (Phi) is 6.87. The van der Waals surface area contributed by atoms with Crippen molar-refractivity contribution in [1.29, 1.82) is 0 Å². The molecule has 0 bridgehead atoms. The lowest BCUT2D eigenvalue weighted by molar-refractivity contribution is -0.121. The van der Waals surface area contributed by atoms with Crippen molar-refractivity contribution in [3.8, 4) is 0 Å². The Hall–Kier alpha value is -2.45. The third-order valence-corrected chi connectivity index (χ3v) is 5.30. The molecule has 3 amide bonds. The highest BCUT2D eigenvalue weighted by Crippen LogP contribution is 2.28. The minimum Gasteiger partial charge on any atom is -0.354 e. The van der Waals surface area contributed by atoms with Gasteiger partial charge in [-0.3, -0.25) is 14.4 Å². The summed E-state index contributed by atoms with van der Waals surface area (Å²) in [6.07, 6.45) is 1.94. The lowest BCUT2D eigenvalue weighted by atomic mass is 10.2. The van der Waals surface area contributed by atoms with Gasteiger partial charge in [-0.05, 0) is 51.0 Å². The van der Waals surface area contributed by atoms with Crippen LogP contribution in [0.1, 0.15) is 42.7 Å². The molecule has 1 aromatic heterocycles. The molecule has 1 aromatic carbocycles. The number of rotatable bonds is 8. The Bertz CT molecular complexity index is 893. The van der Waals surface area contributed by atoms with Crippen LogP contribution in [0.2, 0.25) is 5.02 Å².